The molecule has 3 rings (SSSR count). The topological polar surface area (TPSA) is 52.9 Å². The van der Waals surface area contributed by atoms with Gasteiger partial charge in [0.1, 0.15) is 0 Å². The average Bonchev–Trinajstić information content (AvgIpc) is 2.87. The number of carbonyl (C=O) groups is 1. The summed E-state index contributed by atoms with van der Waals surface area (Å²) in [6.07, 6.45) is 4.91. The fourth-order valence-electron chi connectivity index (χ4n) is 4.69. The summed E-state index contributed by atoms with van der Waals surface area (Å²) in [5, 5.41) is 12.1. The molecule has 0 aromatic heterocycles. The molecule has 2 fully saturated rings. The monoisotopic (exact) mass is 310 g/mol. The average molecular weight is 310 g/mol. The van der Waals surface area contributed by atoms with Crippen LogP contribution in [0.5, 0.6) is 0 Å². The Morgan fingerprint density at radius 2 is 2.00 bits per heavy atom. The van der Waals surface area contributed by atoms with Crippen LogP contribution in [0.15, 0.2) is 24.3 Å². The standard InChI is InChI=1S/C20H26N2O/c1-19(2)16-10-11-20(19,3)17(12-16)22-18(23)9-8-14-4-6-15(13-21)7-5-14/h4-7,16-17H,8-12H2,1-3H3,(H,22,23). The van der Waals surface area contributed by atoms with Crippen LogP contribution in [0, 0.1) is 28.1 Å². The SMILES string of the molecule is CC1(C)C2CCC1(C)C(NC(=O)CCc1ccc(C#N)cc1)C2. The molecule has 1 aromatic rings. The van der Waals surface area contributed by atoms with Crippen molar-refractivity contribution in [1.29, 1.82) is 5.26 Å². The van der Waals surface area contributed by atoms with Crippen LogP contribution in [0.3, 0.4) is 0 Å². The van der Waals surface area contributed by atoms with Crippen molar-refractivity contribution in [3.05, 3.63) is 35.4 Å². The van der Waals surface area contributed by atoms with Crippen molar-refractivity contribution in [3.63, 3.8) is 0 Å². The first kappa shape index (κ1) is 16.1. The van der Waals surface area contributed by atoms with E-state index in [4.69, 9.17) is 5.26 Å². The van der Waals surface area contributed by atoms with Crippen LogP contribution in [-0.4, -0.2) is 11.9 Å². The first-order valence-electron chi connectivity index (χ1n) is 8.65. The fraction of sp³-hybridized carbons (Fsp3) is 0.600. The van der Waals surface area contributed by atoms with Gasteiger partial charge in [-0.1, -0.05) is 32.9 Å². The Morgan fingerprint density at radius 3 is 2.52 bits per heavy atom. The molecule has 0 heterocycles. The van der Waals surface area contributed by atoms with Gasteiger partial charge in [0.15, 0.2) is 0 Å². The summed E-state index contributed by atoms with van der Waals surface area (Å²) >= 11 is 0. The molecule has 0 radical (unpaired) electrons. The van der Waals surface area contributed by atoms with Crippen molar-refractivity contribution in [1.82, 2.24) is 5.32 Å². The van der Waals surface area contributed by atoms with Gasteiger partial charge in [-0.25, -0.2) is 0 Å². The Bertz CT molecular complexity index is 641. The van der Waals surface area contributed by atoms with E-state index in [9.17, 15) is 4.79 Å². The van der Waals surface area contributed by atoms with E-state index in [1.807, 2.05) is 24.3 Å². The summed E-state index contributed by atoms with van der Waals surface area (Å²) < 4.78 is 0. The quantitative estimate of drug-likeness (QED) is 0.919. The summed E-state index contributed by atoms with van der Waals surface area (Å²) in [7, 11) is 0. The maximum absolute atomic E-state index is 12.4. The molecule has 0 spiro atoms. The lowest BCUT2D eigenvalue weighted by Gasteiger charge is -2.39. The van der Waals surface area contributed by atoms with E-state index in [2.05, 4.69) is 32.2 Å². The van der Waals surface area contributed by atoms with Crippen LogP contribution in [0.2, 0.25) is 0 Å². The Hall–Kier alpha value is -1.82. The van der Waals surface area contributed by atoms with Crippen LogP contribution in [0.4, 0.5) is 0 Å². The Labute approximate surface area is 139 Å². The number of hydrogen-bond donors (Lipinski definition) is 1. The van der Waals surface area contributed by atoms with Gasteiger partial charge >= 0.3 is 0 Å². The van der Waals surface area contributed by atoms with Crippen molar-refractivity contribution in [2.75, 3.05) is 0 Å². The zero-order valence-electron chi connectivity index (χ0n) is 14.4. The number of hydrogen-bond acceptors (Lipinski definition) is 2. The molecule has 3 nitrogen and oxygen atoms in total. The first-order valence-corrected chi connectivity index (χ1v) is 8.65. The van der Waals surface area contributed by atoms with E-state index < -0.39 is 0 Å². The molecule has 122 valence electrons. The molecule has 0 aliphatic heterocycles. The lowest BCUT2D eigenvalue weighted by Crippen LogP contribution is -2.46. The number of benzene rings is 1. The van der Waals surface area contributed by atoms with Gasteiger partial charge in [0, 0.05) is 12.5 Å². The van der Waals surface area contributed by atoms with E-state index in [0.717, 1.165) is 24.3 Å². The number of rotatable bonds is 4. The summed E-state index contributed by atoms with van der Waals surface area (Å²) in [5.74, 6) is 0.903. The van der Waals surface area contributed by atoms with E-state index in [0.29, 0.717) is 23.4 Å². The van der Waals surface area contributed by atoms with Gasteiger partial charge in [0.2, 0.25) is 5.91 Å². The normalized spacial score (nSPS) is 30.9. The third-order valence-electron chi connectivity index (χ3n) is 6.85. The molecule has 3 atom stereocenters. The summed E-state index contributed by atoms with van der Waals surface area (Å²) in [6.45, 7) is 7.09. The van der Waals surface area contributed by atoms with Crippen LogP contribution in [-0.2, 0) is 11.2 Å². The summed E-state index contributed by atoms with van der Waals surface area (Å²) in [5.41, 5.74) is 2.34. The zero-order valence-corrected chi connectivity index (χ0v) is 14.4. The molecule has 2 aliphatic carbocycles. The number of amides is 1. The highest BCUT2D eigenvalue weighted by Gasteiger charge is 2.61. The molecule has 2 bridgehead atoms. The predicted molar refractivity (Wildman–Crippen MR) is 90.6 cm³/mol. The number of nitrogens with zero attached hydrogens (tertiary/aromatic N) is 1. The third-order valence-corrected chi connectivity index (χ3v) is 6.85. The second-order valence-corrected chi connectivity index (χ2v) is 8.04. The third kappa shape index (κ3) is 2.65. The molecule has 0 saturated heterocycles. The van der Waals surface area contributed by atoms with Crippen LogP contribution in [0.25, 0.3) is 0 Å². The fourth-order valence-corrected chi connectivity index (χ4v) is 4.69. The van der Waals surface area contributed by atoms with Gasteiger partial charge in [-0.05, 0) is 60.1 Å². The van der Waals surface area contributed by atoms with Crippen LogP contribution in [0.1, 0.15) is 57.6 Å². The molecular formula is C20H26N2O. The van der Waals surface area contributed by atoms with Crippen molar-refractivity contribution in [3.8, 4) is 6.07 Å². The number of aryl methyl sites for hydroxylation is 1. The van der Waals surface area contributed by atoms with Crippen LogP contribution >= 0.6 is 0 Å². The maximum Gasteiger partial charge on any atom is 0.220 e. The maximum atomic E-state index is 12.4. The second-order valence-electron chi connectivity index (χ2n) is 8.04. The molecule has 2 saturated carbocycles. The molecule has 3 unspecified atom stereocenters. The summed E-state index contributed by atoms with van der Waals surface area (Å²) in [6, 6.07) is 9.94. The minimum atomic E-state index is 0.156. The van der Waals surface area contributed by atoms with Crippen molar-refractivity contribution >= 4 is 5.91 Å². The smallest absolute Gasteiger partial charge is 0.220 e. The van der Waals surface area contributed by atoms with Gasteiger partial charge in [-0.2, -0.15) is 5.26 Å². The largest absolute Gasteiger partial charge is 0.353 e. The molecule has 2 aliphatic rings. The van der Waals surface area contributed by atoms with E-state index in [1.165, 1.54) is 12.8 Å². The van der Waals surface area contributed by atoms with Gasteiger partial charge in [-0.3, -0.25) is 4.79 Å². The van der Waals surface area contributed by atoms with E-state index in [1.54, 1.807) is 0 Å². The first-order chi connectivity index (χ1) is 10.9. The van der Waals surface area contributed by atoms with Gasteiger partial charge in [0.05, 0.1) is 11.6 Å². The predicted octanol–water partition coefficient (Wildman–Crippen LogP) is 3.82. The van der Waals surface area contributed by atoms with Crippen molar-refractivity contribution in [2.45, 2.75) is 58.9 Å². The van der Waals surface area contributed by atoms with Crippen LogP contribution < -0.4 is 5.32 Å². The Morgan fingerprint density at radius 1 is 1.30 bits per heavy atom. The minimum absolute atomic E-state index is 0.156. The molecule has 1 amide bonds. The minimum Gasteiger partial charge on any atom is -0.353 e. The number of nitrogens with one attached hydrogen (secondary N) is 1. The highest BCUT2D eigenvalue weighted by molar-refractivity contribution is 5.76. The second kappa shape index (κ2) is 5.67. The molecule has 23 heavy (non-hydrogen) atoms. The highest BCUT2D eigenvalue weighted by Crippen LogP contribution is 2.65. The highest BCUT2D eigenvalue weighted by atomic mass is 16.1. The number of fused-ring (bicyclic) bond motifs is 2. The Kier molecular flexibility index (Phi) is 3.96. The van der Waals surface area contributed by atoms with Crippen molar-refractivity contribution < 1.29 is 4.79 Å². The molecule has 1 aromatic carbocycles. The van der Waals surface area contributed by atoms with Crippen molar-refractivity contribution in [2.24, 2.45) is 16.7 Å². The van der Waals surface area contributed by atoms with Gasteiger partial charge in [0.25, 0.3) is 0 Å². The van der Waals surface area contributed by atoms with E-state index >= 15 is 0 Å². The summed E-state index contributed by atoms with van der Waals surface area (Å²) in [4.78, 5) is 12.4. The van der Waals surface area contributed by atoms with Gasteiger partial charge < -0.3 is 5.32 Å². The van der Waals surface area contributed by atoms with Gasteiger partial charge in [-0.15, -0.1) is 0 Å². The molecular weight excluding hydrogens is 284 g/mol. The molecule has 3 heteroatoms. The zero-order chi connectivity index (χ0) is 16.7. The number of carbonyl (C=O) groups excluding carboxylic acids is 1. The lowest BCUT2D eigenvalue weighted by molar-refractivity contribution is -0.122. The number of nitriles is 1. The molecule has 1 N–H and O–H groups in total. The van der Waals surface area contributed by atoms with E-state index in [-0.39, 0.29) is 11.3 Å². The Balaban J connectivity index is 1.55. The lowest BCUT2D eigenvalue weighted by atomic mass is 9.69.